The molecule has 2 aromatic rings. The molecule has 0 bridgehead atoms. The van der Waals surface area contributed by atoms with Crippen LogP contribution in [-0.4, -0.2) is 57.0 Å². The summed E-state index contributed by atoms with van der Waals surface area (Å²) in [6.45, 7) is 12.1. The molecule has 2 aromatic carbocycles. The minimum Gasteiger partial charge on any atom is -0.463 e. The fourth-order valence-corrected chi connectivity index (χ4v) is 6.34. The maximum absolute atomic E-state index is 12.5. The summed E-state index contributed by atoms with van der Waals surface area (Å²) >= 11 is 0. The Bertz CT molecular complexity index is 1440. The summed E-state index contributed by atoms with van der Waals surface area (Å²) in [4.78, 5) is 14.4. The van der Waals surface area contributed by atoms with Gasteiger partial charge in [0.05, 0.1) is 24.7 Å². The molecular formula is C33H44N2O7S. The lowest BCUT2D eigenvalue weighted by Gasteiger charge is -2.32. The molecule has 10 heteroatoms. The summed E-state index contributed by atoms with van der Waals surface area (Å²) < 4.78 is 50.7. The van der Waals surface area contributed by atoms with Crippen LogP contribution in [0.4, 0.5) is 4.79 Å². The Labute approximate surface area is 256 Å². The number of hydrogen-bond donors (Lipinski definition) is 1. The maximum Gasteiger partial charge on any atom is 0.410 e. The fraction of sp³-hybridized carbons (Fsp3) is 0.545. The lowest BCUT2D eigenvalue weighted by atomic mass is 10.0. The van der Waals surface area contributed by atoms with Gasteiger partial charge in [0, 0.05) is 50.1 Å². The molecular weight excluding hydrogens is 568 g/mol. The van der Waals surface area contributed by atoms with E-state index in [0.717, 1.165) is 42.6 Å². The summed E-state index contributed by atoms with van der Waals surface area (Å²) in [5, 5.41) is 0. The topological polar surface area (TPSA) is 103 Å². The number of unbranched alkanes of at least 4 members (excludes halogenated alkanes) is 3. The molecule has 0 spiro atoms. The van der Waals surface area contributed by atoms with Gasteiger partial charge in [-0.3, -0.25) is 0 Å². The second-order valence-electron chi connectivity index (χ2n) is 12.4. The molecule has 0 unspecified atom stereocenters. The van der Waals surface area contributed by atoms with Crippen molar-refractivity contribution in [2.75, 3.05) is 26.3 Å². The number of fused-ring (bicyclic) bond motifs is 1. The van der Waals surface area contributed by atoms with E-state index >= 15 is 0 Å². The Balaban J connectivity index is 1.08. The zero-order chi connectivity index (χ0) is 31.1. The SMILES string of the molecule is CC(C)(C)NS(=O)(=O)c1cccc(C#CCCOCCCCCCN2C[C@@H](c3ccc4c(c3)COC(C)(C)O4)OC2=O)c1. The first kappa shape index (κ1) is 32.8. The van der Waals surface area contributed by atoms with E-state index in [1.807, 2.05) is 32.0 Å². The number of amides is 1. The summed E-state index contributed by atoms with van der Waals surface area (Å²) in [6, 6.07) is 12.6. The largest absolute Gasteiger partial charge is 0.463 e. The summed E-state index contributed by atoms with van der Waals surface area (Å²) in [5.74, 6) is 6.25. The monoisotopic (exact) mass is 612 g/mol. The number of sulfonamides is 1. The van der Waals surface area contributed by atoms with Gasteiger partial charge in [0.25, 0.3) is 0 Å². The molecule has 1 saturated heterocycles. The quantitative estimate of drug-likeness (QED) is 0.234. The number of nitrogens with zero attached hydrogens (tertiary/aromatic N) is 1. The molecule has 1 amide bonds. The molecule has 234 valence electrons. The van der Waals surface area contributed by atoms with Gasteiger partial charge in [-0.25, -0.2) is 17.9 Å². The van der Waals surface area contributed by atoms with E-state index in [1.165, 1.54) is 0 Å². The summed E-state index contributed by atoms with van der Waals surface area (Å²) in [5.41, 5.74) is 2.02. The van der Waals surface area contributed by atoms with Gasteiger partial charge in [-0.15, -0.1) is 0 Å². The van der Waals surface area contributed by atoms with Crippen LogP contribution < -0.4 is 9.46 Å². The van der Waals surface area contributed by atoms with Gasteiger partial charge in [0.15, 0.2) is 0 Å². The number of carbonyl (C=O) groups excluding carboxylic acids is 1. The van der Waals surface area contributed by atoms with E-state index in [4.69, 9.17) is 18.9 Å². The third-order valence-electron chi connectivity index (χ3n) is 6.93. The Morgan fingerprint density at radius 1 is 1.07 bits per heavy atom. The molecule has 1 fully saturated rings. The highest BCUT2D eigenvalue weighted by Gasteiger charge is 2.33. The highest BCUT2D eigenvalue weighted by atomic mass is 32.2. The first-order chi connectivity index (χ1) is 20.3. The van der Waals surface area contributed by atoms with Gasteiger partial charge in [0.1, 0.15) is 11.9 Å². The van der Waals surface area contributed by atoms with Crippen LogP contribution in [-0.2, 0) is 30.8 Å². The number of rotatable bonds is 12. The Hall–Kier alpha value is -3.10. The average Bonchev–Trinajstić information content (AvgIpc) is 3.30. The van der Waals surface area contributed by atoms with E-state index in [-0.39, 0.29) is 17.1 Å². The third kappa shape index (κ3) is 9.97. The lowest BCUT2D eigenvalue weighted by Crippen LogP contribution is -2.40. The molecule has 9 nitrogen and oxygen atoms in total. The van der Waals surface area contributed by atoms with E-state index in [0.29, 0.717) is 44.9 Å². The molecule has 1 N–H and O–H groups in total. The molecule has 0 aliphatic carbocycles. The van der Waals surface area contributed by atoms with Crippen molar-refractivity contribution in [3.8, 4) is 17.6 Å². The molecule has 0 saturated carbocycles. The van der Waals surface area contributed by atoms with Crippen LogP contribution >= 0.6 is 0 Å². The fourth-order valence-electron chi connectivity index (χ4n) is 4.88. The first-order valence-corrected chi connectivity index (χ1v) is 16.4. The lowest BCUT2D eigenvalue weighted by molar-refractivity contribution is -0.180. The van der Waals surface area contributed by atoms with Crippen molar-refractivity contribution < 1.29 is 32.2 Å². The van der Waals surface area contributed by atoms with Crippen molar-refractivity contribution in [2.24, 2.45) is 0 Å². The molecule has 0 radical (unpaired) electrons. The molecule has 2 aliphatic heterocycles. The van der Waals surface area contributed by atoms with Crippen molar-refractivity contribution in [2.45, 2.75) is 95.7 Å². The zero-order valence-corrected chi connectivity index (χ0v) is 26.7. The van der Waals surface area contributed by atoms with Crippen molar-refractivity contribution >= 4 is 16.1 Å². The van der Waals surface area contributed by atoms with E-state index in [2.05, 4.69) is 16.6 Å². The van der Waals surface area contributed by atoms with Crippen molar-refractivity contribution in [1.29, 1.82) is 0 Å². The van der Waals surface area contributed by atoms with Gasteiger partial charge in [0.2, 0.25) is 15.8 Å². The normalized spacial score (nSPS) is 17.9. The molecule has 1 atom stereocenters. The second kappa shape index (κ2) is 14.1. The number of carbonyl (C=O) groups is 1. The Morgan fingerprint density at radius 2 is 1.86 bits per heavy atom. The van der Waals surface area contributed by atoms with Crippen LogP contribution in [0.15, 0.2) is 47.4 Å². The summed E-state index contributed by atoms with van der Waals surface area (Å²) in [7, 11) is -3.60. The number of hydrogen-bond acceptors (Lipinski definition) is 7. The Kier molecular flexibility index (Phi) is 10.8. The van der Waals surface area contributed by atoms with Crippen molar-refractivity contribution in [1.82, 2.24) is 9.62 Å². The summed E-state index contributed by atoms with van der Waals surface area (Å²) in [6.07, 6.45) is 3.89. The first-order valence-electron chi connectivity index (χ1n) is 14.9. The number of nitrogens with one attached hydrogen (secondary N) is 1. The molecule has 4 rings (SSSR count). The number of cyclic esters (lactones) is 1. The van der Waals surface area contributed by atoms with Gasteiger partial charge in [-0.1, -0.05) is 36.8 Å². The van der Waals surface area contributed by atoms with Crippen LogP contribution in [0, 0.1) is 11.8 Å². The molecule has 2 heterocycles. The standard InChI is InChI=1S/C33H44N2O7S/c1-32(2,3)34-43(37,38)28-15-12-14-25(21-28)13-8-11-20-39-19-10-7-6-9-18-35-23-30(41-31(35)36)26-16-17-29-27(22-26)24-40-33(4,5)42-29/h12,14-17,21-22,30,34H,6-7,9-11,18-20,23-24H2,1-5H3/t30-/m0/s1. The minimum absolute atomic E-state index is 0.205. The minimum atomic E-state index is -3.60. The van der Waals surface area contributed by atoms with Gasteiger partial charge in [-0.05, 0) is 69.5 Å². The predicted molar refractivity (Wildman–Crippen MR) is 164 cm³/mol. The van der Waals surface area contributed by atoms with Crippen LogP contribution in [0.1, 0.15) is 89.5 Å². The average molecular weight is 613 g/mol. The predicted octanol–water partition coefficient (Wildman–Crippen LogP) is 5.92. The van der Waals surface area contributed by atoms with Gasteiger partial charge in [-0.2, -0.15) is 0 Å². The number of benzene rings is 2. The van der Waals surface area contributed by atoms with Crippen LogP contribution in [0.25, 0.3) is 0 Å². The third-order valence-corrected chi connectivity index (χ3v) is 8.69. The smallest absolute Gasteiger partial charge is 0.410 e. The molecule has 2 aliphatic rings. The van der Waals surface area contributed by atoms with Crippen molar-refractivity contribution in [3.63, 3.8) is 0 Å². The van der Waals surface area contributed by atoms with Gasteiger partial charge < -0.3 is 23.8 Å². The van der Waals surface area contributed by atoms with Crippen molar-refractivity contribution in [3.05, 3.63) is 59.2 Å². The zero-order valence-electron chi connectivity index (χ0n) is 25.9. The van der Waals surface area contributed by atoms with Crippen LogP contribution in [0.5, 0.6) is 5.75 Å². The van der Waals surface area contributed by atoms with E-state index in [9.17, 15) is 13.2 Å². The van der Waals surface area contributed by atoms with E-state index in [1.54, 1.807) is 49.9 Å². The number of ether oxygens (including phenoxy) is 4. The van der Waals surface area contributed by atoms with Gasteiger partial charge >= 0.3 is 6.09 Å². The Morgan fingerprint density at radius 3 is 2.65 bits per heavy atom. The maximum atomic E-state index is 12.5. The van der Waals surface area contributed by atoms with Crippen LogP contribution in [0.3, 0.4) is 0 Å². The molecule has 0 aromatic heterocycles. The van der Waals surface area contributed by atoms with Crippen LogP contribution in [0.2, 0.25) is 0 Å². The second-order valence-corrected chi connectivity index (χ2v) is 14.1. The molecule has 43 heavy (non-hydrogen) atoms. The highest BCUT2D eigenvalue weighted by Crippen LogP contribution is 2.35. The van der Waals surface area contributed by atoms with E-state index < -0.39 is 21.3 Å². The highest BCUT2D eigenvalue weighted by molar-refractivity contribution is 7.89.